The molecule has 0 aromatic heterocycles. The Balaban J connectivity index is 1.24. The first-order valence-corrected chi connectivity index (χ1v) is 15.3. The largest absolute Gasteiger partial charge is 0.366 e. The molecule has 8 nitrogen and oxygen atoms in total. The number of carbonyl (C=O) groups is 4. The number of carbonyl (C=O) groups excluding carboxylic acids is 4. The molecule has 0 unspecified atom stereocenters. The van der Waals surface area contributed by atoms with Crippen LogP contribution in [0.4, 0.5) is 11.4 Å². The first-order valence-electron chi connectivity index (χ1n) is 14.3. The van der Waals surface area contributed by atoms with Gasteiger partial charge >= 0.3 is 0 Å². The average molecular weight is 627 g/mol. The molecule has 0 aliphatic heterocycles. The molecule has 5 N–H and O–H groups in total. The van der Waals surface area contributed by atoms with Gasteiger partial charge in [-0.3, -0.25) is 19.2 Å². The third-order valence-electron chi connectivity index (χ3n) is 6.79. The van der Waals surface area contributed by atoms with Crippen LogP contribution in [0.3, 0.4) is 0 Å². The number of nitrogens with two attached hydrogens (primary N) is 1. The molecule has 0 spiro atoms. The number of amides is 4. The fourth-order valence-electron chi connectivity index (χ4n) is 4.41. The zero-order valence-corrected chi connectivity index (χ0v) is 25.4. The van der Waals surface area contributed by atoms with Gasteiger partial charge in [0.2, 0.25) is 11.8 Å². The van der Waals surface area contributed by atoms with Crippen molar-refractivity contribution in [3.8, 4) is 11.1 Å². The van der Waals surface area contributed by atoms with Crippen molar-refractivity contribution < 1.29 is 19.2 Å². The summed E-state index contributed by atoms with van der Waals surface area (Å²) in [6, 6.07) is 39.7. The van der Waals surface area contributed by atoms with E-state index >= 15 is 0 Å². The summed E-state index contributed by atoms with van der Waals surface area (Å²) in [6.45, 7) is 0. The summed E-state index contributed by atoms with van der Waals surface area (Å²) in [4.78, 5) is 50.9. The molecule has 0 aliphatic carbocycles. The van der Waals surface area contributed by atoms with E-state index in [-0.39, 0.29) is 17.4 Å². The summed E-state index contributed by atoms with van der Waals surface area (Å²) in [5.74, 6) is -1.48. The molecule has 46 heavy (non-hydrogen) atoms. The maximum absolute atomic E-state index is 13.4. The van der Waals surface area contributed by atoms with Crippen LogP contribution >= 0.6 is 11.8 Å². The van der Waals surface area contributed by atoms with Crippen molar-refractivity contribution in [1.82, 2.24) is 5.32 Å². The lowest BCUT2D eigenvalue weighted by Crippen LogP contribution is -2.30. The molecule has 4 amide bonds. The lowest BCUT2D eigenvalue weighted by Gasteiger charge is -2.12. The molecule has 5 aromatic rings. The second-order valence-electron chi connectivity index (χ2n) is 10.1. The standard InChI is InChI=1S/C37H30N4O4S/c38-35(43)28-15-17-30(18-16-28)39-34(42)24-46-32-21-19-31(20-22-32)40-37(45)33(41-36(44)29-9-5-2-6-10-29)23-25-11-13-27(14-12-25)26-7-3-1-4-8-26/h1-23H,24H2,(H2,38,43)(H,39,42)(H,40,45)(H,41,44)/b33-23-. The molecular formula is C37H30N4O4S. The number of nitrogens with one attached hydrogen (secondary N) is 3. The van der Waals surface area contributed by atoms with Gasteiger partial charge in [-0.1, -0.05) is 72.8 Å². The van der Waals surface area contributed by atoms with Gasteiger partial charge in [-0.15, -0.1) is 11.8 Å². The van der Waals surface area contributed by atoms with E-state index in [1.165, 1.54) is 11.8 Å². The van der Waals surface area contributed by atoms with Gasteiger partial charge in [-0.25, -0.2) is 0 Å². The minimum absolute atomic E-state index is 0.0836. The van der Waals surface area contributed by atoms with Crippen molar-refractivity contribution in [3.63, 3.8) is 0 Å². The molecule has 0 saturated heterocycles. The zero-order valence-electron chi connectivity index (χ0n) is 24.6. The van der Waals surface area contributed by atoms with E-state index in [1.807, 2.05) is 60.7 Å². The molecule has 0 saturated carbocycles. The van der Waals surface area contributed by atoms with E-state index in [1.54, 1.807) is 78.9 Å². The predicted molar refractivity (Wildman–Crippen MR) is 183 cm³/mol. The highest BCUT2D eigenvalue weighted by Gasteiger charge is 2.15. The van der Waals surface area contributed by atoms with Crippen molar-refractivity contribution in [3.05, 3.63) is 156 Å². The second kappa shape index (κ2) is 15.2. The Labute approximate surface area is 270 Å². The van der Waals surface area contributed by atoms with Gasteiger partial charge in [-0.05, 0) is 83.4 Å². The van der Waals surface area contributed by atoms with Crippen LogP contribution in [0.25, 0.3) is 17.2 Å². The molecule has 5 rings (SSSR count). The summed E-state index contributed by atoms with van der Waals surface area (Å²) in [5.41, 5.74) is 10.1. The first-order chi connectivity index (χ1) is 22.3. The topological polar surface area (TPSA) is 130 Å². The summed E-state index contributed by atoms with van der Waals surface area (Å²) in [7, 11) is 0. The molecule has 0 fully saturated rings. The minimum atomic E-state index is -0.536. The second-order valence-corrected chi connectivity index (χ2v) is 11.2. The third-order valence-corrected chi connectivity index (χ3v) is 7.80. The van der Waals surface area contributed by atoms with Crippen molar-refractivity contribution >= 4 is 52.8 Å². The molecule has 5 aromatic carbocycles. The van der Waals surface area contributed by atoms with Gasteiger partial charge in [0, 0.05) is 27.4 Å². The number of benzene rings is 5. The molecule has 0 bridgehead atoms. The van der Waals surface area contributed by atoms with Gasteiger partial charge in [-0.2, -0.15) is 0 Å². The number of hydrogen-bond donors (Lipinski definition) is 4. The Morgan fingerprint density at radius 2 is 1.17 bits per heavy atom. The Morgan fingerprint density at radius 3 is 1.80 bits per heavy atom. The number of thioether (sulfide) groups is 1. The van der Waals surface area contributed by atoms with Crippen LogP contribution in [0, 0.1) is 0 Å². The summed E-state index contributed by atoms with van der Waals surface area (Å²) in [6.07, 6.45) is 1.63. The van der Waals surface area contributed by atoms with E-state index in [0.717, 1.165) is 21.6 Å². The maximum Gasteiger partial charge on any atom is 0.272 e. The Morgan fingerprint density at radius 1 is 0.609 bits per heavy atom. The molecule has 9 heteroatoms. The van der Waals surface area contributed by atoms with E-state index in [2.05, 4.69) is 16.0 Å². The molecule has 0 atom stereocenters. The van der Waals surface area contributed by atoms with E-state index in [0.29, 0.717) is 22.5 Å². The van der Waals surface area contributed by atoms with Crippen molar-refractivity contribution in [1.29, 1.82) is 0 Å². The highest BCUT2D eigenvalue weighted by Crippen LogP contribution is 2.23. The van der Waals surface area contributed by atoms with Gasteiger partial charge in [0.15, 0.2) is 0 Å². The van der Waals surface area contributed by atoms with Crippen LogP contribution < -0.4 is 21.7 Å². The third kappa shape index (κ3) is 8.81. The first kappa shape index (κ1) is 31.5. The van der Waals surface area contributed by atoms with Crippen LogP contribution in [0.15, 0.2) is 144 Å². The average Bonchev–Trinajstić information content (AvgIpc) is 3.09. The fourth-order valence-corrected chi connectivity index (χ4v) is 5.11. The lowest BCUT2D eigenvalue weighted by atomic mass is 10.0. The smallest absolute Gasteiger partial charge is 0.272 e. The Hall–Kier alpha value is -5.93. The monoisotopic (exact) mass is 626 g/mol. The SMILES string of the molecule is NC(=O)c1ccc(NC(=O)CSc2ccc(NC(=O)/C(=C/c3ccc(-c4ccccc4)cc3)NC(=O)c3ccccc3)cc2)cc1. The predicted octanol–water partition coefficient (Wildman–Crippen LogP) is 6.59. The molecule has 0 radical (unpaired) electrons. The van der Waals surface area contributed by atoms with Crippen molar-refractivity contribution in [2.45, 2.75) is 4.90 Å². The van der Waals surface area contributed by atoms with Crippen LogP contribution in [-0.2, 0) is 9.59 Å². The van der Waals surface area contributed by atoms with Gasteiger partial charge in [0.05, 0.1) is 5.75 Å². The highest BCUT2D eigenvalue weighted by atomic mass is 32.2. The Kier molecular flexibility index (Phi) is 10.4. The van der Waals surface area contributed by atoms with Crippen LogP contribution in [0.5, 0.6) is 0 Å². The van der Waals surface area contributed by atoms with Gasteiger partial charge < -0.3 is 21.7 Å². The number of anilines is 2. The Bertz CT molecular complexity index is 1860. The van der Waals surface area contributed by atoms with Crippen molar-refractivity contribution in [2.24, 2.45) is 5.73 Å². The normalized spacial score (nSPS) is 10.9. The number of primary amides is 1. The van der Waals surface area contributed by atoms with Gasteiger partial charge in [0.1, 0.15) is 5.70 Å². The molecule has 228 valence electrons. The van der Waals surface area contributed by atoms with Crippen molar-refractivity contribution in [2.75, 3.05) is 16.4 Å². The summed E-state index contributed by atoms with van der Waals surface area (Å²) < 4.78 is 0. The highest BCUT2D eigenvalue weighted by molar-refractivity contribution is 8.00. The zero-order chi connectivity index (χ0) is 32.3. The van der Waals surface area contributed by atoms with E-state index in [4.69, 9.17) is 5.73 Å². The van der Waals surface area contributed by atoms with E-state index in [9.17, 15) is 19.2 Å². The molecular weight excluding hydrogens is 596 g/mol. The fraction of sp³-hybridized carbons (Fsp3) is 0.0270. The summed E-state index contributed by atoms with van der Waals surface area (Å²) in [5, 5.41) is 8.39. The summed E-state index contributed by atoms with van der Waals surface area (Å²) >= 11 is 1.33. The number of hydrogen-bond acceptors (Lipinski definition) is 5. The molecule has 0 heterocycles. The van der Waals surface area contributed by atoms with Crippen LogP contribution in [-0.4, -0.2) is 29.4 Å². The van der Waals surface area contributed by atoms with Crippen LogP contribution in [0.2, 0.25) is 0 Å². The quantitative estimate of drug-likeness (QED) is 0.0971. The molecule has 0 aliphatic rings. The van der Waals surface area contributed by atoms with E-state index < -0.39 is 17.7 Å². The maximum atomic E-state index is 13.4. The van der Waals surface area contributed by atoms with Crippen LogP contribution in [0.1, 0.15) is 26.3 Å². The van der Waals surface area contributed by atoms with Gasteiger partial charge in [0.25, 0.3) is 11.8 Å². The lowest BCUT2D eigenvalue weighted by molar-refractivity contribution is -0.114. The number of rotatable bonds is 11. The minimum Gasteiger partial charge on any atom is -0.366 e.